The number of carbonyl (C=O) groups excluding carboxylic acids is 1. The molecule has 0 aromatic heterocycles. The van der Waals surface area contributed by atoms with Crippen LogP contribution in [0.5, 0.6) is 0 Å². The number of hydrogen-bond acceptors (Lipinski definition) is 1. The minimum absolute atomic E-state index is 0.244. The van der Waals surface area contributed by atoms with E-state index >= 15 is 0 Å². The highest BCUT2D eigenvalue weighted by atomic mass is 16.2. The zero-order chi connectivity index (χ0) is 17.6. The van der Waals surface area contributed by atoms with Crippen molar-refractivity contribution in [3.63, 3.8) is 0 Å². The number of amides is 1. The quantitative estimate of drug-likeness (QED) is 0.541. The lowest BCUT2D eigenvalue weighted by Gasteiger charge is -2.35. The third-order valence-electron chi connectivity index (χ3n) is 6.21. The van der Waals surface area contributed by atoms with Crippen LogP contribution in [0.4, 0.5) is 0 Å². The highest BCUT2D eigenvalue weighted by Gasteiger charge is 2.48. The van der Waals surface area contributed by atoms with Gasteiger partial charge in [0.2, 0.25) is 5.91 Å². The van der Waals surface area contributed by atoms with E-state index in [1.807, 2.05) is 32.7 Å². The summed E-state index contributed by atoms with van der Waals surface area (Å²) in [5, 5.41) is 0.489. The minimum atomic E-state index is -0.292. The molecule has 126 valence electrons. The van der Waals surface area contributed by atoms with Crippen LogP contribution in [0.3, 0.4) is 0 Å². The summed E-state index contributed by atoms with van der Waals surface area (Å²) in [4.78, 5) is 14.4. The van der Waals surface area contributed by atoms with Crippen molar-refractivity contribution in [3.8, 4) is 0 Å². The maximum Gasteiger partial charge on any atom is 0.227 e. The van der Waals surface area contributed by atoms with E-state index in [1.54, 1.807) is 5.57 Å². The van der Waals surface area contributed by atoms with Crippen LogP contribution in [0.15, 0.2) is 11.6 Å². The minimum Gasteiger partial charge on any atom is -0.342 e. The van der Waals surface area contributed by atoms with Gasteiger partial charge in [-0.05, 0) is 19.3 Å². The molecule has 0 spiro atoms. The molecule has 2 rings (SSSR count). The van der Waals surface area contributed by atoms with Crippen molar-refractivity contribution >= 4 is 20.5 Å². The summed E-state index contributed by atoms with van der Waals surface area (Å²) >= 11 is 0. The van der Waals surface area contributed by atoms with Gasteiger partial charge in [0.1, 0.15) is 14.6 Å². The van der Waals surface area contributed by atoms with Gasteiger partial charge < -0.3 is 4.90 Å². The van der Waals surface area contributed by atoms with E-state index < -0.39 is 0 Å². The maximum atomic E-state index is 12.5. The number of carbonyl (C=O) groups is 1. The SMILES string of the molecule is CN(C(=O)C(C)(C)C)C1CC=C(C2[B]C(C)(C)C(C)(C)[B]2)CC1. The Morgan fingerprint density at radius 2 is 1.70 bits per heavy atom. The van der Waals surface area contributed by atoms with E-state index in [9.17, 15) is 4.79 Å². The molecule has 0 bridgehead atoms. The van der Waals surface area contributed by atoms with Gasteiger partial charge in [-0.2, -0.15) is 0 Å². The fourth-order valence-electron chi connectivity index (χ4n) is 3.78. The number of allylic oxidation sites excluding steroid dienone is 1. The summed E-state index contributed by atoms with van der Waals surface area (Å²) in [6.45, 7) is 15.4. The summed E-state index contributed by atoms with van der Waals surface area (Å²) in [6, 6.07) is 0.355. The first-order valence-electron chi connectivity index (χ1n) is 9.03. The van der Waals surface area contributed by atoms with Gasteiger partial charge in [-0.1, -0.05) is 76.5 Å². The van der Waals surface area contributed by atoms with Crippen molar-refractivity contribution in [2.45, 2.75) is 90.1 Å². The average molecular weight is 313 g/mol. The first kappa shape index (κ1) is 18.7. The molecule has 0 saturated carbocycles. The fraction of sp³-hybridized carbons (Fsp3) is 0.842. The number of nitrogens with zero attached hydrogens (tertiary/aromatic N) is 1. The molecule has 23 heavy (non-hydrogen) atoms. The van der Waals surface area contributed by atoms with Gasteiger partial charge >= 0.3 is 0 Å². The fourth-order valence-corrected chi connectivity index (χ4v) is 3.78. The molecule has 0 aromatic rings. The van der Waals surface area contributed by atoms with Gasteiger partial charge in [-0.3, -0.25) is 4.79 Å². The Morgan fingerprint density at radius 3 is 2.09 bits per heavy atom. The monoisotopic (exact) mass is 313 g/mol. The van der Waals surface area contributed by atoms with Crippen LogP contribution in [0.25, 0.3) is 0 Å². The lowest BCUT2D eigenvalue weighted by atomic mass is 9.45. The van der Waals surface area contributed by atoms with Crippen LogP contribution in [0.2, 0.25) is 16.3 Å². The lowest BCUT2D eigenvalue weighted by molar-refractivity contribution is -0.140. The zero-order valence-corrected chi connectivity index (χ0v) is 16.4. The van der Waals surface area contributed by atoms with Crippen LogP contribution in [0.1, 0.15) is 67.7 Å². The van der Waals surface area contributed by atoms with Gasteiger partial charge in [0.25, 0.3) is 0 Å². The molecular weight excluding hydrogens is 280 g/mol. The molecule has 1 aliphatic heterocycles. The molecule has 1 fully saturated rings. The van der Waals surface area contributed by atoms with Gasteiger partial charge in [0.15, 0.2) is 0 Å². The highest BCUT2D eigenvalue weighted by Crippen LogP contribution is 2.59. The maximum absolute atomic E-state index is 12.5. The number of hydrogen-bond donors (Lipinski definition) is 0. The van der Waals surface area contributed by atoms with E-state index in [0.717, 1.165) is 19.3 Å². The topological polar surface area (TPSA) is 20.3 Å². The summed E-state index contributed by atoms with van der Waals surface area (Å²) in [5.74, 6) is 0.251. The summed E-state index contributed by atoms with van der Waals surface area (Å²) < 4.78 is 0. The molecule has 2 radical (unpaired) electrons. The Hall–Kier alpha value is -0.660. The molecule has 2 nitrogen and oxygen atoms in total. The third kappa shape index (κ3) is 3.72. The smallest absolute Gasteiger partial charge is 0.227 e. The van der Waals surface area contributed by atoms with Crippen molar-refractivity contribution in [1.29, 1.82) is 0 Å². The molecule has 4 heteroatoms. The second kappa shape index (κ2) is 6.01. The van der Waals surface area contributed by atoms with Crippen molar-refractivity contribution in [2.75, 3.05) is 7.05 Å². The predicted octanol–water partition coefficient (Wildman–Crippen LogP) is 4.53. The van der Waals surface area contributed by atoms with Crippen LogP contribution < -0.4 is 0 Å². The Kier molecular flexibility index (Phi) is 4.88. The zero-order valence-electron chi connectivity index (χ0n) is 16.4. The molecule has 1 heterocycles. The molecule has 0 aromatic carbocycles. The summed E-state index contributed by atoms with van der Waals surface area (Å²) in [5.41, 5.74) is 1.76. The third-order valence-corrected chi connectivity index (χ3v) is 6.21. The van der Waals surface area contributed by atoms with E-state index in [2.05, 4.69) is 48.3 Å². The van der Waals surface area contributed by atoms with E-state index in [0.29, 0.717) is 11.8 Å². The van der Waals surface area contributed by atoms with Crippen molar-refractivity contribution in [2.24, 2.45) is 5.41 Å². The molecular formula is C19H33B2NO. The molecule has 1 aliphatic carbocycles. The van der Waals surface area contributed by atoms with E-state index in [1.165, 1.54) is 0 Å². The van der Waals surface area contributed by atoms with Gasteiger partial charge in [-0.15, -0.1) is 0 Å². The normalized spacial score (nSPS) is 27.0. The lowest BCUT2D eigenvalue weighted by Crippen LogP contribution is -2.43. The largest absolute Gasteiger partial charge is 0.342 e. The van der Waals surface area contributed by atoms with Crippen molar-refractivity contribution in [3.05, 3.63) is 11.6 Å². The molecule has 1 amide bonds. The second-order valence-corrected chi connectivity index (χ2v) is 9.68. The molecule has 1 atom stereocenters. The Morgan fingerprint density at radius 1 is 1.17 bits per heavy atom. The van der Waals surface area contributed by atoms with Crippen molar-refractivity contribution in [1.82, 2.24) is 4.90 Å². The van der Waals surface area contributed by atoms with Crippen LogP contribution in [-0.4, -0.2) is 38.5 Å². The van der Waals surface area contributed by atoms with Crippen LogP contribution in [0, 0.1) is 5.41 Å². The Labute approximate surface area is 145 Å². The second-order valence-electron chi connectivity index (χ2n) is 9.68. The van der Waals surface area contributed by atoms with E-state index in [-0.39, 0.29) is 22.0 Å². The molecule has 1 unspecified atom stereocenters. The molecule has 2 aliphatic rings. The number of rotatable bonds is 2. The van der Waals surface area contributed by atoms with Crippen LogP contribution >= 0.6 is 0 Å². The standard InChI is InChI=1S/C19H33B2NO/c1-17(2,3)16(23)22(8)14-11-9-13(10-12-14)15-20-18(4,5)19(6,7)21-15/h9,14-15H,10-12H2,1-8H3. The highest BCUT2D eigenvalue weighted by molar-refractivity contribution is 6.70. The first-order chi connectivity index (χ1) is 10.3. The van der Waals surface area contributed by atoms with Crippen molar-refractivity contribution < 1.29 is 4.79 Å². The first-order valence-corrected chi connectivity index (χ1v) is 9.03. The Balaban J connectivity index is 2.01. The van der Waals surface area contributed by atoms with Crippen LogP contribution in [-0.2, 0) is 4.79 Å². The Bertz CT molecular complexity index is 486. The average Bonchev–Trinajstić information content (AvgIpc) is 2.65. The summed E-state index contributed by atoms with van der Waals surface area (Å²) in [7, 11) is 7.00. The van der Waals surface area contributed by atoms with Gasteiger partial charge in [0, 0.05) is 18.5 Å². The predicted molar refractivity (Wildman–Crippen MR) is 101 cm³/mol. The molecule has 0 N–H and O–H groups in total. The van der Waals surface area contributed by atoms with Gasteiger partial charge in [-0.25, -0.2) is 0 Å². The summed E-state index contributed by atoms with van der Waals surface area (Å²) in [6.07, 6.45) is 5.59. The molecule has 1 saturated heterocycles. The van der Waals surface area contributed by atoms with Gasteiger partial charge in [0.05, 0.1) is 0 Å². The van der Waals surface area contributed by atoms with E-state index in [4.69, 9.17) is 0 Å².